The molecule has 0 radical (unpaired) electrons. The number of methoxy groups -OCH3 is 2. The molecule has 3 aromatic carbocycles. The molecule has 0 spiro atoms. The van der Waals surface area contributed by atoms with Crippen LogP contribution in [0.25, 0.3) is 6.08 Å². The first kappa shape index (κ1) is 25.5. The van der Waals surface area contributed by atoms with Crippen molar-refractivity contribution in [3.63, 3.8) is 0 Å². The summed E-state index contributed by atoms with van der Waals surface area (Å²) in [5.41, 5.74) is 1.16. The number of amides is 4. The number of nitrogens with one attached hydrogen (secondary N) is 1. The van der Waals surface area contributed by atoms with Crippen molar-refractivity contribution in [1.29, 1.82) is 0 Å². The Bertz CT molecular complexity index is 1510. The molecule has 1 aliphatic heterocycles. The highest BCUT2D eigenvalue weighted by atomic mass is 32.2. The summed E-state index contributed by atoms with van der Waals surface area (Å²) in [5, 5.41) is 2.14. The van der Waals surface area contributed by atoms with Gasteiger partial charge in [0.1, 0.15) is 16.2 Å². The number of aryl methyl sites for hydroxylation is 1. The van der Waals surface area contributed by atoms with Crippen LogP contribution in [0.2, 0.25) is 0 Å². The molecule has 0 bridgehead atoms. The van der Waals surface area contributed by atoms with Crippen molar-refractivity contribution in [2.45, 2.75) is 11.8 Å². The number of barbiturate groups is 1. The maximum Gasteiger partial charge on any atom is 0.339 e. The molecule has 0 aliphatic carbocycles. The van der Waals surface area contributed by atoms with E-state index >= 15 is 0 Å². The van der Waals surface area contributed by atoms with E-state index in [0.29, 0.717) is 11.3 Å². The predicted octanol–water partition coefficient (Wildman–Crippen LogP) is 3.45. The number of nitrogens with zero attached hydrogens (tertiary/aromatic N) is 1. The molecule has 4 rings (SSSR count). The van der Waals surface area contributed by atoms with Crippen LogP contribution >= 0.6 is 0 Å². The highest BCUT2D eigenvalue weighted by Crippen LogP contribution is 2.32. The number of rotatable bonds is 7. The minimum Gasteiger partial charge on any atom is -0.497 e. The van der Waals surface area contributed by atoms with E-state index in [1.54, 1.807) is 24.3 Å². The quantitative estimate of drug-likeness (QED) is 0.284. The van der Waals surface area contributed by atoms with E-state index in [0.717, 1.165) is 10.5 Å². The van der Waals surface area contributed by atoms with Gasteiger partial charge in [-0.05, 0) is 67.1 Å². The first-order chi connectivity index (χ1) is 17.6. The Hall–Kier alpha value is -4.64. The van der Waals surface area contributed by atoms with Gasteiger partial charge in [0.05, 0.1) is 19.9 Å². The van der Waals surface area contributed by atoms with Crippen LogP contribution in [0, 0.1) is 6.92 Å². The lowest BCUT2D eigenvalue weighted by atomic mass is 10.1. The van der Waals surface area contributed by atoms with Crippen LogP contribution in [0.3, 0.4) is 0 Å². The van der Waals surface area contributed by atoms with Crippen LogP contribution in [0.4, 0.5) is 10.5 Å². The average molecular weight is 523 g/mol. The predicted molar refractivity (Wildman–Crippen MR) is 134 cm³/mol. The lowest BCUT2D eigenvalue weighted by molar-refractivity contribution is -0.122. The zero-order valence-corrected chi connectivity index (χ0v) is 20.9. The number of imide groups is 2. The van der Waals surface area contributed by atoms with Gasteiger partial charge in [0.25, 0.3) is 11.8 Å². The van der Waals surface area contributed by atoms with Crippen molar-refractivity contribution in [2.24, 2.45) is 0 Å². The molecule has 1 N–H and O–H groups in total. The molecule has 0 unspecified atom stereocenters. The first-order valence-corrected chi connectivity index (χ1v) is 12.3. The molecule has 1 saturated heterocycles. The van der Waals surface area contributed by atoms with Gasteiger partial charge in [-0.2, -0.15) is 8.42 Å². The van der Waals surface area contributed by atoms with E-state index in [1.807, 2.05) is 6.92 Å². The van der Waals surface area contributed by atoms with Gasteiger partial charge < -0.3 is 13.7 Å². The third-order valence-corrected chi connectivity index (χ3v) is 6.69. The van der Waals surface area contributed by atoms with Crippen molar-refractivity contribution >= 4 is 39.7 Å². The van der Waals surface area contributed by atoms with Gasteiger partial charge in [-0.1, -0.05) is 23.8 Å². The summed E-state index contributed by atoms with van der Waals surface area (Å²) in [5.74, 6) is -1.21. The van der Waals surface area contributed by atoms with Crippen LogP contribution < -0.4 is 23.9 Å². The molecule has 1 heterocycles. The molecule has 4 amide bonds. The second-order valence-corrected chi connectivity index (χ2v) is 9.46. The molecule has 1 fully saturated rings. The molecule has 11 heteroatoms. The number of carbonyl (C=O) groups is 3. The lowest BCUT2D eigenvalue weighted by Gasteiger charge is -2.26. The van der Waals surface area contributed by atoms with E-state index in [2.05, 4.69) is 5.32 Å². The second kappa shape index (κ2) is 10.2. The summed E-state index contributed by atoms with van der Waals surface area (Å²) >= 11 is 0. The third kappa shape index (κ3) is 5.31. The fraction of sp³-hybridized carbons (Fsp3) is 0.115. The highest BCUT2D eigenvalue weighted by Gasteiger charge is 2.36. The highest BCUT2D eigenvalue weighted by molar-refractivity contribution is 7.87. The van der Waals surface area contributed by atoms with Crippen LogP contribution in [0.1, 0.15) is 11.1 Å². The number of anilines is 1. The summed E-state index contributed by atoms with van der Waals surface area (Å²) in [7, 11) is -1.33. The maximum atomic E-state index is 13.1. The largest absolute Gasteiger partial charge is 0.497 e. The Morgan fingerprint density at radius 1 is 0.838 bits per heavy atom. The Kier molecular flexibility index (Phi) is 6.98. The monoisotopic (exact) mass is 522 g/mol. The molecule has 190 valence electrons. The van der Waals surface area contributed by atoms with Gasteiger partial charge in [-0.3, -0.25) is 14.9 Å². The van der Waals surface area contributed by atoms with Crippen molar-refractivity contribution in [3.05, 3.63) is 83.4 Å². The van der Waals surface area contributed by atoms with Crippen LogP contribution in [-0.4, -0.2) is 40.5 Å². The number of hydrogen-bond acceptors (Lipinski definition) is 8. The Labute approximate surface area is 213 Å². The standard InChI is InChI=1S/C26H22N2O8S/c1-16-4-11-20(12-5-16)37(32,33)36-22-13-6-17(15-23(22)35-3)14-21-24(29)27-26(31)28(25(21)30)18-7-9-19(34-2)10-8-18/h4-15H,1-3H3,(H,27,29,31). The molecule has 0 aromatic heterocycles. The molecular weight excluding hydrogens is 500 g/mol. The summed E-state index contributed by atoms with van der Waals surface area (Å²) in [4.78, 5) is 38.8. The van der Waals surface area contributed by atoms with E-state index in [-0.39, 0.29) is 27.7 Å². The minimum absolute atomic E-state index is 0.0286. The van der Waals surface area contributed by atoms with E-state index in [9.17, 15) is 22.8 Å². The van der Waals surface area contributed by atoms with E-state index in [1.165, 1.54) is 62.8 Å². The zero-order valence-electron chi connectivity index (χ0n) is 20.0. The van der Waals surface area contributed by atoms with Gasteiger partial charge in [0, 0.05) is 0 Å². The van der Waals surface area contributed by atoms with Crippen molar-refractivity contribution in [1.82, 2.24) is 5.32 Å². The smallest absolute Gasteiger partial charge is 0.339 e. The van der Waals surface area contributed by atoms with E-state index in [4.69, 9.17) is 13.7 Å². The topological polar surface area (TPSA) is 128 Å². The van der Waals surface area contributed by atoms with Crippen molar-refractivity contribution in [3.8, 4) is 17.2 Å². The molecule has 10 nitrogen and oxygen atoms in total. The van der Waals surface area contributed by atoms with Crippen molar-refractivity contribution in [2.75, 3.05) is 19.1 Å². The van der Waals surface area contributed by atoms with E-state index < -0.39 is 28.0 Å². The summed E-state index contributed by atoms with van der Waals surface area (Å²) in [6.45, 7) is 1.83. The number of carbonyl (C=O) groups excluding carboxylic acids is 3. The average Bonchev–Trinajstić information content (AvgIpc) is 2.87. The van der Waals surface area contributed by atoms with Gasteiger partial charge in [-0.25, -0.2) is 9.69 Å². The number of urea groups is 1. The molecule has 37 heavy (non-hydrogen) atoms. The first-order valence-electron chi connectivity index (χ1n) is 10.9. The number of hydrogen-bond donors (Lipinski definition) is 1. The minimum atomic E-state index is -4.14. The second-order valence-electron chi connectivity index (χ2n) is 7.92. The fourth-order valence-electron chi connectivity index (χ4n) is 3.50. The fourth-order valence-corrected chi connectivity index (χ4v) is 4.44. The molecule has 0 saturated carbocycles. The van der Waals surface area contributed by atoms with Crippen LogP contribution in [-0.2, 0) is 19.7 Å². The van der Waals surface area contributed by atoms with Gasteiger partial charge >= 0.3 is 16.1 Å². The maximum absolute atomic E-state index is 13.1. The van der Waals surface area contributed by atoms with Crippen molar-refractivity contribution < 1.29 is 36.5 Å². The zero-order chi connectivity index (χ0) is 26.7. The Balaban J connectivity index is 1.64. The number of ether oxygens (including phenoxy) is 2. The Morgan fingerprint density at radius 2 is 1.51 bits per heavy atom. The summed E-state index contributed by atoms with van der Waals surface area (Å²) < 4.78 is 41.0. The third-order valence-electron chi connectivity index (χ3n) is 5.44. The van der Waals surface area contributed by atoms with Gasteiger partial charge in [0.15, 0.2) is 11.5 Å². The Morgan fingerprint density at radius 3 is 2.14 bits per heavy atom. The van der Waals surface area contributed by atoms with Crippen LogP contribution in [0.5, 0.6) is 17.2 Å². The summed E-state index contributed by atoms with van der Waals surface area (Å²) in [6.07, 6.45) is 1.27. The molecule has 3 aromatic rings. The SMILES string of the molecule is COc1ccc(N2C(=O)NC(=O)C(=Cc3ccc(OS(=O)(=O)c4ccc(C)cc4)c(OC)c3)C2=O)cc1. The lowest BCUT2D eigenvalue weighted by Crippen LogP contribution is -2.54. The number of benzene rings is 3. The summed E-state index contributed by atoms with van der Waals surface area (Å²) in [6, 6.07) is 15.6. The molecule has 0 atom stereocenters. The normalized spacial score (nSPS) is 14.9. The van der Waals surface area contributed by atoms with Gasteiger partial charge in [0.2, 0.25) is 0 Å². The molecule has 1 aliphatic rings. The van der Waals surface area contributed by atoms with Crippen LogP contribution in [0.15, 0.2) is 77.2 Å². The van der Waals surface area contributed by atoms with Gasteiger partial charge in [-0.15, -0.1) is 0 Å². The molecular formula is C26H22N2O8S.